The Morgan fingerprint density at radius 2 is 1.82 bits per heavy atom. The highest BCUT2D eigenvalue weighted by atomic mass is 31.1. The molecule has 1 aliphatic rings. The van der Waals surface area contributed by atoms with E-state index in [1.54, 1.807) is 8.20 Å². The van der Waals surface area contributed by atoms with Gasteiger partial charge in [0.15, 0.2) is 0 Å². The molecule has 0 aromatic carbocycles. The minimum Gasteiger partial charge on any atom is -0.104 e. The summed E-state index contributed by atoms with van der Waals surface area (Å²) in [4.78, 5) is 0. The fourth-order valence-electron chi connectivity index (χ4n) is 1.01. The molecule has 1 rings (SSSR count). The van der Waals surface area contributed by atoms with Crippen LogP contribution in [0, 0.1) is 10.8 Å². The van der Waals surface area contributed by atoms with Gasteiger partial charge in [0.25, 0.3) is 0 Å². The van der Waals surface area contributed by atoms with Gasteiger partial charge in [-0.25, -0.2) is 0 Å². The summed E-state index contributed by atoms with van der Waals surface area (Å²) in [5.41, 5.74) is 1.99. The van der Waals surface area contributed by atoms with Crippen molar-refractivity contribution in [3.05, 3.63) is 0 Å². The quantitative estimate of drug-likeness (QED) is 0.528. The van der Waals surface area contributed by atoms with Crippen LogP contribution in [0.3, 0.4) is 0 Å². The van der Waals surface area contributed by atoms with Gasteiger partial charge in [-0.2, -0.15) is 0 Å². The lowest BCUT2D eigenvalue weighted by molar-refractivity contribution is 0.614. The van der Waals surface area contributed by atoms with E-state index in [4.69, 9.17) is 0 Å². The second kappa shape index (κ2) is 2.59. The summed E-state index contributed by atoms with van der Waals surface area (Å²) < 4.78 is 0. The van der Waals surface area contributed by atoms with Crippen LogP contribution in [0.15, 0.2) is 0 Å². The van der Waals surface area contributed by atoms with Crippen molar-refractivity contribution in [2.24, 2.45) is 10.8 Å². The van der Waals surface area contributed by atoms with Crippen molar-refractivity contribution >= 4 is 14.0 Å². The molecule has 1 fully saturated rings. The SMILES string of the molecule is CC(C)(C)C=PC1CC1(C)C. The maximum absolute atomic E-state index is 2.44. The minimum absolute atomic E-state index is 0.403. The molecule has 1 atom stereocenters. The van der Waals surface area contributed by atoms with E-state index in [9.17, 15) is 0 Å². The van der Waals surface area contributed by atoms with Gasteiger partial charge in [-0.3, -0.25) is 0 Å². The minimum atomic E-state index is 0.403. The Morgan fingerprint density at radius 1 is 1.36 bits per heavy atom. The van der Waals surface area contributed by atoms with E-state index in [1.165, 1.54) is 6.42 Å². The summed E-state index contributed by atoms with van der Waals surface area (Å²) in [5, 5.41) is 0. The van der Waals surface area contributed by atoms with Gasteiger partial charge in [0, 0.05) is 5.66 Å². The van der Waals surface area contributed by atoms with Crippen LogP contribution < -0.4 is 0 Å². The van der Waals surface area contributed by atoms with E-state index in [2.05, 4.69) is 40.4 Å². The average Bonchev–Trinajstić information content (AvgIpc) is 2.33. The summed E-state index contributed by atoms with van der Waals surface area (Å²) in [6, 6.07) is 0. The number of rotatable bonds is 1. The third kappa shape index (κ3) is 2.95. The molecule has 1 aliphatic carbocycles. The summed E-state index contributed by atoms with van der Waals surface area (Å²) in [6.07, 6.45) is 1.42. The topological polar surface area (TPSA) is 0 Å². The first-order valence-corrected chi connectivity index (χ1v) is 5.39. The first-order valence-electron chi connectivity index (χ1n) is 4.36. The Hall–Kier alpha value is 0.170. The summed E-state index contributed by atoms with van der Waals surface area (Å²) in [6.45, 7) is 11.5. The normalized spacial score (nSPS) is 29.4. The van der Waals surface area contributed by atoms with Crippen molar-refractivity contribution in [1.29, 1.82) is 0 Å². The predicted octanol–water partition coefficient (Wildman–Crippen LogP) is 3.58. The van der Waals surface area contributed by atoms with Gasteiger partial charge >= 0.3 is 0 Å². The summed E-state index contributed by atoms with van der Waals surface area (Å²) >= 11 is 0. The highest BCUT2D eigenvalue weighted by Gasteiger charge is 2.44. The smallest absolute Gasteiger partial charge is 0.00629 e. The highest BCUT2D eigenvalue weighted by molar-refractivity contribution is 7.40. The number of hydrogen-bond acceptors (Lipinski definition) is 0. The fraction of sp³-hybridized carbons (Fsp3) is 0.900. The summed E-state index contributed by atoms with van der Waals surface area (Å²) in [7, 11) is 1.55. The molecular formula is C10H19P. The molecule has 11 heavy (non-hydrogen) atoms. The fourth-order valence-corrected chi connectivity index (χ4v) is 2.61. The molecule has 1 saturated carbocycles. The monoisotopic (exact) mass is 170 g/mol. The van der Waals surface area contributed by atoms with Gasteiger partial charge in [0.05, 0.1) is 0 Å². The molecule has 0 nitrogen and oxygen atoms in total. The van der Waals surface area contributed by atoms with Crippen LogP contribution in [0.5, 0.6) is 0 Å². The van der Waals surface area contributed by atoms with Crippen molar-refractivity contribution < 1.29 is 0 Å². The Balaban J connectivity index is 2.40. The van der Waals surface area contributed by atoms with Crippen molar-refractivity contribution in [3.8, 4) is 0 Å². The maximum Gasteiger partial charge on any atom is 0.00629 e. The first kappa shape index (κ1) is 9.26. The molecule has 0 aromatic heterocycles. The molecule has 0 saturated heterocycles. The average molecular weight is 170 g/mol. The standard InChI is InChI=1S/C10H19P/c1-9(2,3)7-11-8-6-10(8,4)5/h7-8H,6H2,1-5H3. The first-order chi connectivity index (χ1) is 4.81. The van der Waals surface area contributed by atoms with Crippen LogP contribution in [0.1, 0.15) is 41.0 Å². The highest BCUT2D eigenvalue weighted by Crippen LogP contribution is 2.53. The molecule has 0 aromatic rings. The van der Waals surface area contributed by atoms with Crippen molar-refractivity contribution in [3.63, 3.8) is 0 Å². The zero-order chi connectivity index (χ0) is 8.70. The van der Waals surface area contributed by atoms with Crippen molar-refractivity contribution in [2.45, 2.75) is 46.7 Å². The molecule has 0 amide bonds. The Morgan fingerprint density at radius 3 is 2.09 bits per heavy atom. The van der Waals surface area contributed by atoms with Crippen LogP contribution in [0.25, 0.3) is 0 Å². The molecule has 1 heteroatoms. The van der Waals surface area contributed by atoms with Gasteiger partial charge in [-0.1, -0.05) is 40.4 Å². The second-order valence-corrected chi connectivity index (χ2v) is 6.53. The van der Waals surface area contributed by atoms with E-state index in [0.29, 0.717) is 10.8 Å². The predicted molar refractivity (Wildman–Crippen MR) is 54.6 cm³/mol. The van der Waals surface area contributed by atoms with Crippen LogP contribution in [-0.4, -0.2) is 11.5 Å². The molecule has 1 unspecified atom stereocenters. The molecule has 0 bridgehead atoms. The van der Waals surface area contributed by atoms with Crippen LogP contribution >= 0.6 is 8.20 Å². The molecule has 0 N–H and O–H groups in total. The van der Waals surface area contributed by atoms with E-state index in [0.717, 1.165) is 5.66 Å². The molecule has 0 heterocycles. The van der Waals surface area contributed by atoms with Gasteiger partial charge < -0.3 is 0 Å². The van der Waals surface area contributed by atoms with Gasteiger partial charge in [0.1, 0.15) is 0 Å². The van der Waals surface area contributed by atoms with Crippen LogP contribution in [0.2, 0.25) is 0 Å². The largest absolute Gasteiger partial charge is 0.104 e. The molecule has 0 aliphatic heterocycles. The number of hydrogen-bond donors (Lipinski definition) is 0. The van der Waals surface area contributed by atoms with Crippen molar-refractivity contribution in [1.82, 2.24) is 0 Å². The van der Waals surface area contributed by atoms with Gasteiger partial charge in [-0.05, 0) is 17.3 Å². The van der Waals surface area contributed by atoms with Gasteiger partial charge in [0.2, 0.25) is 0 Å². The lowest BCUT2D eigenvalue weighted by Gasteiger charge is -2.10. The molecule has 0 radical (unpaired) electrons. The molecular weight excluding hydrogens is 151 g/mol. The lowest BCUT2D eigenvalue weighted by atomic mass is 10.0. The van der Waals surface area contributed by atoms with Crippen molar-refractivity contribution in [2.75, 3.05) is 0 Å². The second-order valence-electron chi connectivity index (χ2n) is 5.35. The Kier molecular flexibility index (Phi) is 2.18. The zero-order valence-electron chi connectivity index (χ0n) is 8.31. The molecule has 0 spiro atoms. The molecule has 64 valence electrons. The third-order valence-corrected chi connectivity index (χ3v) is 4.27. The van der Waals surface area contributed by atoms with E-state index in [1.807, 2.05) is 0 Å². The zero-order valence-corrected chi connectivity index (χ0v) is 9.20. The van der Waals surface area contributed by atoms with E-state index >= 15 is 0 Å². The van der Waals surface area contributed by atoms with E-state index in [-0.39, 0.29) is 0 Å². The summed E-state index contributed by atoms with van der Waals surface area (Å²) in [5.74, 6) is 2.44. The van der Waals surface area contributed by atoms with Crippen LogP contribution in [-0.2, 0) is 0 Å². The van der Waals surface area contributed by atoms with E-state index < -0.39 is 0 Å². The Labute approximate surface area is 72.2 Å². The Bertz CT molecular complexity index is 172. The van der Waals surface area contributed by atoms with Crippen LogP contribution in [0.4, 0.5) is 0 Å². The maximum atomic E-state index is 2.44. The third-order valence-electron chi connectivity index (χ3n) is 2.10. The lowest BCUT2D eigenvalue weighted by Crippen LogP contribution is -2.04. The van der Waals surface area contributed by atoms with Gasteiger partial charge in [-0.15, -0.1) is 8.20 Å².